The van der Waals surface area contributed by atoms with Gasteiger partial charge in [-0.15, -0.1) is 0 Å². The van der Waals surface area contributed by atoms with Crippen molar-refractivity contribution >= 4 is 5.78 Å². The lowest BCUT2D eigenvalue weighted by molar-refractivity contribution is 0.103. The summed E-state index contributed by atoms with van der Waals surface area (Å²) in [5, 5.41) is 0. The second kappa shape index (κ2) is 6.20. The number of carbonyl (C=O) groups excluding carboxylic acids is 1. The predicted octanol–water partition coefficient (Wildman–Crippen LogP) is 3.57. The number of carbonyl (C=O) groups is 1. The van der Waals surface area contributed by atoms with Gasteiger partial charge in [-0.3, -0.25) is 9.69 Å². The summed E-state index contributed by atoms with van der Waals surface area (Å²) in [6, 6.07) is 10.1. The summed E-state index contributed by atoms with van der Waals surface area (Å²) in [6.07, 6.45) is 4.15. The standard InChI is InChI=1S/C18H15F2NO/c19-15-9-14(10-16(20)11-15)18(22)17-6-2-1-5-13(17)12-21-7-3-4-8-21/h1-6,9-11H,7-8,12H2. The first-order valence-corrected chi connectivity index (χ1v) is 7.09. The third-order valence-corrected chi connectivity index (χ3v) is 3.67. The third-order valence-electron chi connectivity index (χ3n) is 3.67. The average Bonchev–Trinajstić information content (AvgIpc) is 2.99. The average molecular weight is 299 g/mol. The zero-order valence-electron chi connectivity index (χ0n) is 11.9. The molecule has 0 N–H and O–H groups in total. The molecule has 2 nitrogen and oxygen atoms in total. The van der Waals surface area contributed by atoms with Crippen LogP contribution in [0.3, 0.4) is 0 Å². The molecule has 0 atom stereocenters. The SMILES string of the molecule is O=C(c1cc(F)cc(F)c1)c1ccccc1CN1CC=CC1. The Morgan fingerprint density at radius 1 is 1.00 bits per heavy atom. The molecule has 22 heavy (non-hydrogen) atoms. The van der Waals surface area contributed by atoms with E-state index in [2.05, 4.69) is 17.1 Å². The molecule has 1 aliphatic rings. The van der Waals surface area contributed by atoms with Gasteiger partial charge in [0.1, 0.15) is 11.6 Å². The van der Waals surface area contributed by atoms with Gasteiger partial charge in [0.15, 0.2) is 5.78 Å². The predicted molar refractivity (Wildman–Crippen MR) is 80.6 cm³/mol. The second-order valence-corrected chi connectivity index (χ2v) is 5.31. The highest BCUT2D eigenvalue weighted by molar-refractivity contribution is 6.09. The van der Waals surface area contributed by atoms with Gasteiger partial charge < -0.3 is 0 Å². The summed E-state index contributed by atoms with van der Waals surface area (Å²) in [6.45, 7) is 2.32. The normalized spacial score (nSPS) is 14.5. The molecule has 0 amide bonds. The van der Waals surface area contributed by atoms with Crippen molar-refractivity contribution in [2.24, 2.45) is 0 Å². The maximum atomic E-state index is 13.3. The lowest BCUT2D eigenvalue weighted by Crippen LogP contribution is -2.21. The Hall–Kier alpha value is -2.33. The third kappa shape index (κ3) is 3.12. The van der Waals surface area contributed by atoms with Gasteiger partial charge in [0.05, 0.1) is 0 Å². The van der Waals surface area contributed by atoms with Crippen LogP contribution in [0.15, 0.2) is 54.6 Å². The fourth-order valence-electron chi connectivity index (χ4n) is 2.61. The van der Waals surface area contributed by atoms with Crippen molar-refractivity contribution in [2.45, 2.75) is 6.54 Å². The minimum Gasteiger partial charge on any atom is -0.292 e. The van der Waals surface area contributed by atoms with Crippen LogP contribution in [0, 0.1) is 11.6 Å². The van der Waals surface area contributed by atoms with Gasteiger partial charge in [-0.1, -0.05) is 36.4 Å². The van der Waals surface area contributed by atoms with Crippen LogP contribution in [0.25, 0.3) is 0 Å². The maximum Gasteiger partial charge on any atom is 0.193 e. The fraction of sp³-hybridized carbons (Fsp3) is 0.167. The van der Waals surface area contributed by atoms with Gasteiger partial charge in [0, 0.05) is 36.8 Å². The van der Waals surface area contributed by atoms with Crippen LogP contribution in [0.1, 0.15) is 21.5 Å². The van der Waals surface area contributed by atoms with Crippen molar-refractivity contribution in [1.82, 2.24) is 4.90 Å². The van der Waals surface area contributed by atoms with Crippen molar-refractivity contribution in [3.8, 4) is 0 Å². The molecule has 2 aromatic rings. The van der Waals surface area contributed by atoms with Gasteiger partial charge in [0.25, 0.3) is 0 Å². The van der Waals surface area contributed by atoms with E-state index in [9.17, 15) is 13.6 Å². The van der Waals surface area contributed by atoms with E-state index in [0.29, 0.717) is 12.1 Å². The Morgan fingerprint density at radius 3 is 2.32 bits per heavy atom. The molecule has 0 radical (unpaired) electrons. The maximum absolute atomic E-state index is 13.3. The molecule has 1 aliphatic heterocycles. The molecule has 112 valence electrons. The quantitative estimate of drug-likeness (QED) is 0.635. The van der Waals surface area contributed by atoms with Crippen LogP contribution in [-0.4, -0.2) is 23.8 Å². The number of halogens is 2. The first kappa shape index (κ1) is 14.6. The van der Waals surface area contributed by atoms with Crippen LogP contribution in [-0.2, 0) is 6.54 Å². The van der Waals surface area contributed by atoms with Crippen molar-refractivity contribution in [3.05, 3.63) is 82.9 Å². The molecule has 1 heterocycles. The summed E-state index contributed by atoms with van der Waals surface area (Å²) >= 11 is 0. The molecule has 0 saturated heterocycles. The Kier molecular flexibility index (Phi) is 4.11. The number of ketones is 1. The fourth-order valence-corrected chi connectivity index (χ4v) is 2.61. The molecule has 0 spiro atoms. The molecule has 0 aliphatic carbocycles. The molecule has 0 fully saturated rings. The molecule has 0 unspecified atom stereocenters. The summed E-state index contributed by atoms with van der Waals surface area (Å²) in [4.78, 5) is 14.8. The first-order chi connectivity index (χ1) is 10.6. The van der Waals surface area contributed by atoms with Crippen molar-refractivity contribution in [2.75, 3.05) is 13.1 Å². The zero-order chi connectivity index (χ0) is 15.5. The number of benzene rings is 2. The monoisotopic (exact) mass is 299 g/mol. The van der Waals surface area contributed by atoms with E-state index in [1.54, 1.807) is 12.1 Å². The van der Waals surface area contributed by atoms with Crippen LogP contribution < -0.4 is 0 Å². The molecule has 4 heteroatoms. The van der Waals surface area contributed by atoms with Crippen molar-refractivity contribution in [3.63, 3.8) is 0 Å². The lowest BCUT2D eigenvalue weighted by Gasteiger charge is -2.17. The van der Waals surface area contributed by atoms with Gasteiger partial charge in [0.2, 0.25) is 0 Å². The van der Waals surface area contributed by atoms with Crippen LogP contribution in [0.5, 0.6) is 0 Å². The second-order valence-electron chi connectivity index (χ2n) is 5.31. The van der Waals surface area contributed by atoms with Gasteiger partial charge in [-0.25, -0.2) is 8.78 Å². The van der Waals surface area contributed by atoms with Crippen molar-refractivity contribution in [1.29, 1.82) is 0 Å². The van der Waals surface area contributed by atoms with Gasteiger partial charge >= 0.3 is 0 Å². The van der Waals surface area contributed by atoms with E-state index in [1.807, 2.05) is 12.1 Å². The zero-order valence-corrected chi connectivity index (χ0v) is 11.9. The first-order valence-electron chi connectivity index (χ1n) is 7.09. The molecular weight excluding hydrogens is 284 g/mol. The Labute approximate surface area is 127 Å². The number of rotatable bonds is 4. The van der Waals surface area contributed by atoms with E-state index in [-0.39, 0.29) is 11.3 Å². The number of hydrogen-bond donors (Lipinski definition) is 0. The number of nitrogens with zero attached hydrogens (tertiary/aromatic N) is 1. The minimum absolute atomic E-state index is 0.0319. The van der Waals surface area contributed by atoms with Crippen LogP contribution in [0.2, 0.25) is 0 Å². The summed E-state index contributed by atoms with van der Waals surface area (Å²) < 4.78 is 26.6. The molecule has 0 bridgehead atoms. The highest BCUT2D eigenvalue weighted by Gasteiger charge is 2.17. The molecular formula is C18H15F2NO. The highest BCUT2D eigenvalue weighted by Crippen LogP contribution is 2.19. The van der Waals surface area contributed by atoms with E-state index in [0.717, 1.165) is 36.9 Å². The molecule has 0 saturated carbocycles. The minimum atomic E-state index is -0.746. The van der Waals surface area contributed by atoms with Crippen molar-refractivity contribution < 1.29 is 13.6 Å². The smallest absolute Gasteiger partial charge is 0.193 e. The molecule has 2 aromatic carbocycles. The Bertz CT molecular complexity index is 711. The Balaban J connectivity index is 1.91. The topological polar surface area (TPSA) is 20.3 Å². The van der Waals surface area contributed by atoms with E-state index in [4.69, 9.17) is 0 Å². The van der Waals surface area contributed by atoms with Crippen LogP contribution >= 0.6 is 0 Å². The largest absolute Gasteiger partial charge is 0.292 e. The van der Waals surface area contributed by atoms with Gasteiger partial charge in [-0.2, -0.15) is 0 Å². The van der Waals surface area contributed by atoms with E-state index in [1.165, 1.54) is 0 Å². The summed E-state index contributed by atoms with van der Waals surface area (Å²) in [5.74, 6) is -1.85. The highest BCUT2D eigenvalue weighted by atomic mass is 19.1. The molecule has 3 rings (SSSR count). The molecule has 0 aromatic heterocycles. The van der Waals surface area contributed by atoms with Gasteiger partial charge in [-0.05, 0) is 17.7 Å². The van der Waals surface area contributed by atoms with E-state index >= 15 is 0 Å². The van der Waals surface area contributed by atoms with Crippen LogP contribution in [0.4, 0.5) is 8.78 Å². The summed E-state index contributed by atoms with van der Waals surface area (Å²) in [5.41, 5.74) is 1.38. The lowest BCUT2D eigenvalue weighted by atomic mass is 9.98. The Morgan fingerprint density at radius 2 is 1.64 bits per heavy atom. The summed E-state index contributed by atoms with van der Waals surface area (Å²) in [7, 11) is 0. The van der Waals surface area contributed by atoms with E-state index < -0.39 is 11.6 Å². The number of hydrogen-bond acceptors (Lipinski definition) is 2.